The van der Waals surface area contributed by atoms with Crippen LogP contribution in [0.15, 0.2) is 0 Å². The van der Waals surface area contributed by atoms with Gasteiger partial charge in [-0.1, -0.05) is 41.5 Å². The quantitative estimate of drug-likeness (QED) is 0.282. The van der Waals surface area contributed by atoms with E-state index in [0.29, 0.717) is 6.42 Å². The van der Waals surface area contributed by atoms with Crippen LogP contribution in [-0.4, -0.2) is 89.8 Å². The highest BCUT2D eigenvalue weighted by molar-refractivity contribution is 6.77. The fourth-order valence-electron chi connectivity index (χ4n) is 5.55. The van der Waals surface area contributed by atoms with Gasteiger partial charge in [-0.3, -0.25) is 9.59 Å². The van der Waals surface area contributed by atoms with Gasteiger partial charge < -0.3 is 34.9 Å². The van der Waals surface area contributed by atoms with Crippen molar-refractivity contribution in [2.45, 2.75) is 135 Å². The van der Waals surface area contributed by atoms with E-state index in [4.69, 9.17) is 9.16 Å². The highest BCUT2D eigenvalue weighted by atomic mass is 28.4. The lowest BCUT2D eigenvalue weighted by Crippen LogP contribution is -2.59. The number of aliphatic carboxylic acids is 1. The van der Waals surface area contributed by atoms with Gasteiger partial charge in [-0.15, -0.1) is 0 Å². The van der Waals surface area contributed by atoms with Crippen molar-refractivity contribution in [2.75, 3.05) is 6.54 Å². The van der Waals surface area contributed by atoms with E-state index in [1.165, 1.54) is 18.7 Å². The van der Waals surface area contributed by atoms with E-state index in [2.05, 4.69) is 52.2 Å². The van der Waals surface area contributed by atoms with Gasteiger partial charge in [0.05, 0.1) is 12.2 Å². The van der Waals surface area contributed by atoms with Gasteiger partial charge in [0.15, 0.2) is 6.04 Å². The molecular formula is C26H49N3O8Si. The molecule has 0 radical (unpaired) electrons. The summed E-state index contributed by atoms with van der Waals surface area (Å²) < 4.78 is 11.9. The van der Waals surface area contributed by atoms with Crippen LogP contribution in [0.4, 0.5) is 4.79 Å². The maximum atomic E-state index is 13.3. The Morgan fingerprint density at radius 2 is 1.42 bits per heavy atom. The van der Waals surface area contributed by atoms with E-state index in [1.54, 1.807) is 20.8 Å². The van der Waals surface area contributed by atoms with Crippen molar-refractivity contribution in [3.05, 3.63) is 0 Å². The molecule has 1 saturated heterocycles. The normalized spacial score (nSPS) is 20.9. The maximum absolute atomic E-state index is 13.3. The van der Waals surface area contributed by atoms with Crippen LogP contribution in [0, 0.1) is 0 Å². The Hall–Kier alpha value is -2.18. The molecule has 0 saturated carbocycles. The first kappa shape index (κ1) is 33.8. The minimum absolute atomic E-state index is 0.176. The second-order valence-corrected chi connectivity index (χ2v) is 17.6. The van der Waals surface area contributed by atoms with E-state index < -0.39 is 68.1 Å². The molecule has 5 atom stereocenters. The number of hydrogen-bond acceptors (Lipinski definition) is 7. The number of carboxylic acid groups (broad SMARTS) is 1. The standard InChI is InChI=1S/C26H49N3O8Si/c1-14(2)38(15(3)4,16(5)6)37-19-12-13-29(21(19)24(33)34)23(32)17(7)27-22(31)20(18(8)30)28-25(35)36-26(9,10)11/h14-21,30H,12-13H2,1-11H3,(H,27,31)(H,28,35)(H,33,34)/t17-,18-,19+,20-,21+/m1/s1. The van der Waals surface area contributed by atoms with E-state index in [1.807, 2.05) is 0 Å². The number of likely N-dealkylation sites (tertiary alicyclic amines) is 1. The second-order valence-electron chi connectivity index (χ2n) is 12.2. The molecule has 11 nitrogen and oxygen atoms in total. The van der Waals surface area contributed by atoms with Gasteiger partial charge in [-0.25, -0.2) is 9.59 Å². The van der Waals surface area contributed by atoms with Gasteiger partial charge in [0.1, 0.15) is 17.7 Å². The van der Waals surface area contributed by atoms with E-state index in [-0.39, 0.29) is 23.2 Å². The number of nitrogens with one attached hydrogen (secondary N) is 2. The number of aliphatic hydroxyl groups excluding tert-OH is 1. The van der Waals surface area contributed by atoms with Gasteiger partial charge >= 0.3 is 12.1 Å². The number of carboxylic acids is 1. The summed E-state index contributed by atoms with van der Waals surface area (Å²) in [5, 5.41) is 25.0. The Kier molecular flexibility index (Phi) is 11.8. The second kappa shape index (κ2) is 13.3. The Bertz CT molecular complexity index is 834. The molecule has 1 fully saturated rings. The summed E-state index contributed by atoms with van der Waals surface area (Å²) in [7, 11) is -2.41. The van der Waals surface area contributed by atoms with E-state index in [0.717, 1.165) is 0 Å². The summed E-state index contributed by atoms with van der Waals surface area (Å²) in [4.78, 5) is 51.9. The zero-order valence-corrected chi connectivity index (χ0v) is 25.8. The zero-order valence-electron chi connectivity index (χ0n) is 24.8. The summed E-state index contributed by atoms with van der Waals surface area (Å²) in [6.07, 6.45) is -2.45. The molecule has 1 aliphatic heterocycles. The predicted octanol–water partition coefficient (Wildman–Crippen LogP) is 3.01. The summed E-state index contributed by atoms with van der Waals surface area (Å²) in [5.41, 5.74) is -0.0756. The maximum Gasteiger partial charge on any atom is 0.408 e. The average Bonchev–Trinajstić information content (AvgIpc) is 3.16. The molecular weight excluding hydrogens is 510 g/mol. The van der Waals surface area contributed by atoms with Crippen molar-refractivity contribution in [2.24, 2.45) is 0 Å². The molecule has 4 N–H and O–H groups in total. The Labute approximate surface area is 228 Å². The van der Waals surface area contributed by atoms with Crippen LogP contribution in [-0.2, 0) is 23.5 Å². The molecule has 0 spiro atoms. The first-order valence-corrected chi connectivity index (χ1v) is 15.6. The molecule has 0 unspecified atom stereocenters. The third-order valence-corrected chi connectivity index (χ3v) is 13.2. The molecule has 12 heteroatoms. The van der Waals surface area contributed by atoms with Crippen LogP contribution in [0.25, 0.3) is 0 Å². The van der Waals surface area contributed by atoms with Crippen LogP contribution < -0.4 is 10.6 Å². The highest BCUT2D eigenvalue weighted by Crippen LogP contribution is 2.44. The molecule has 0 aromatic heterocycles. The van der Waals surface area contributed by atoms with E-state index in [9.17, 15) is 29.4 Å². The molecule has 38 heavy (non-hydrogen) atoms. The monoisotopic (exact) mass is 559 g/mol. The number of amides is 3. The Balaban J connectivity index is 3.07. The molecule has 0 bridgehead atoms. The van der Waals surface area contributed by atoms with Crippen molar-refractivity contribution < 1.29 is 38.6 Å². The molecule has 3 amide bonds. The summed E-state index contributed by atoms with van der Waals surface area (Å²) >= 11 is 0. The van der Waals surface area contributed by atoms with Crippen LogP contribution in [0.5, 0.6) is 0 Å². The molecule has 0 aliphatic carbocycles. The number of rotatable bonds is 11. The lowest BCUT2D eigenvalue weighted by molar-refractivity contribution is -0.151. The number of aliphatic hydroxyl groups is 1. The van der Waals surface area contributed by atoms with Crippen molar-refractivity contribution in [3.63, 3.8) is 0 Å². The van der Waals surface area contributed by atoms with Gasteiger partial charge in [-0.2, -0.15) is 0 Å². The lowest BCUT2D eigenvalue weighted by Gasteiger charge is -2.44. The number of ether oxygens (including phenoxy) is 1. The van der Waals surface area contributed by atoms with Crippen LogP contribution in [0.3, 0.4) is 0 Å². The number of carbonyl (C=O) groups excluding carboxylic acids is 3. The Morgan fingerprint density at radius 3 is 1.82 bits per heavy atom. The minimum Gasteiger partial charge on any atom is -0.480 e. The minimum atomic E-state index is -2.41. The lowest BCUT2D eigenvalue weighted by atomic mass is 10.1. The number of alkyl carbamates (subject to hydrolysis) is 1. The van der Waals surface area contributed by atoms with Crippen LogP contribution >= 0.6 is 0 Å². The average molecular weight is 560 g/mol. The topological polar surface area (TPSA) is 154 Å². The number of hydrogen-bond donors (Lipinski definition) is 4. The van der Waals surface area contributed by atoms with Gasteiger partial charge in [0, 0.05) is 6.54 Å². The number of carbonyl (C=O) groups is 4. The molecule has 220 valence electrons. The van der Waals surface area contributed by atoms with Gasteiger partial charge in [-0.05, 0) is 57.7 Å². The fraction of sp³-hybridized carbons (Fsp3) is 0.846. The molecule has 1 aliphatic rings. The summed E-state index contributed by atoms with van der Waals surface area (Å²) in [5.74, 6) is -2.53. The summed E-state index contributed by atoms with van der Waals surface area (Å²) in [6.45, 7) is 20.6. The Morgan fingerprint density at radius 1 is 0.921 bits per heavy atom. The predicted molar refractivity (Wildman–Crippen MR) is 146 cm³/mol. The molecule has 1 heterocycles. The first-order valence-electron chi connectivity index (χ1n) is 13.4. The fourth-order valence-corrected chi connectivity index (χ4v) is 11.1. The van der Waals surface area contributed by atoms with Crippen molar-refractivity contribution in [3.8, 4) is 0 Å². The van der Waals surface area contributed by atoms with Crippen molar-refractivity contribution in [1.82, 2.24) is 15.5 Å². The molecule has 1 rings (SSSR count). The van der Waals surface area contributed by atoms with Crippen LogP contribution in [0.1, 0.15) is 82.6 Å². The van der Waals surface area contributed by atoms with Gasteiger partial charge in [0.2, 0.25) is 20.1 Å². The van der Waals surface area contributed by atoms with Crippen molar-refractivity contribution >= 4 is 32.2 Å². The zero-order chi connectivity index (χ0) is 29.7. The van der Waals surface area contributed by atoms with Crippen LogP contribution in [0.2, 0.25) is 16.6 Å². The first-order chi connectivity index (χ1) is 17.3. The highest BCUT2D eigenvalue weighted by Gasteiger charge is 2.52. The molecule has 0 aromatic rings. The van der Waals surface area contributed by atoms with E-state index >= 15 is 0 Å². The largest absolute Gasteiger partial charge is 0.480 e. The van der Waals surface area contributed by atoms with Gasteiger partial charge in [0.25, 0.3) is 0 Å². The third-order valence-electron chi connectivity index (χ3n) is 7.11. The number of nitrogens with zero attached hydrogens (tertiary/aromatic N) is 1. The SMILES string of the molecule is CC(C)[Si](O[C@H]1CCN(C(=O)[C@@H](C)NC(=O)[C@H](NC(=O)OC(C)(C)C)[C@@H](C)O)[C@@H]1C(=O)O)(C(C)C)C(C)C. The van der Waals surface area contributed by atoms with Crippen molar-refractivity contribution in [1.29, 1.82) is 0 Å². The molecule has 0 aromatic carbocycles. The third kappa shape index (κ3) is 8.16. The summed E-state index contributed by atoms with van der Waals surface area (Å²) in [6, 6.07) is -3.66. The smallest absolute Gasteiger partial charge is 0.408 e.